The topological polar surface area (TPSA) is 12.0 Å². The van der Waals surface area contributed by atoms with Crippen molar-refractivity contribution in [3.05, 3.63) is 0 Å². The van der Waals surface area contributed by atoms with Gasteiger partial charge in [0, 0.05) is 0 Å². The molecule has 3 atom stereocenters. The summed E-state index contributed by atoms with van der Waals surface area (Å²) in [5, 5.41) is 3.54. The van der Waals surface area contributed by atoms with Gasteiger partial charge in [0.1, 0.15) is 0 Å². The smallest absolute Gasteiger partial charge is 0.00179 e. The fraction of sp³-hybridized carbons (Fsp3) is 1.00. The molecule has 0 aromatic heterocycles. The number of hydrogen-bond donors (Lipinski definition) is 1. The summed E-state index contributed by atoms with van der Waals surface area (Å²) in [5.74, 6) is 3.00. The third-order valence-electron chi connectivity index (χ3n) is 3.30. The SMILES string of the molecule is CC1CC2CCC1CNC2. The Hall–Kier alpha value is -0.0400. The lowest BCUT2D eigenvalue weighted by molar-refractivity contribution is 0.234. The maximum Gasteiger partial charge on any atom is -0.00179 e. The van der Waals surface area contributed by atoms with Crippen LogP contribution in [0.25, 0.3) is 0 Å². The molecule has 1 saturated carbocycles. The van der Waals surface area contributed by atoms with Gasteiger partial charge in [0.25, 0.3) is 0 Å². The van der Waals surface area contributed by atoms with E-state index in [1.807, 2.05) is 0 Å². The lowest BCUT2D eigenvalue weighted by atomic mass is 9.77. The van der Waals surface area contributed by atoms with Crippen LogP contribution >= 0.6 is 0 Å². The van der Waals surface area contributed by atoms with Crippen LogP contribution in [0.1, 0.15) is 26.2 Å². The maximum atomic E-state index is 3.54. The number of rotatable bonds is 0. The largest absolute Gasteiger partial charge is 0.316 e. The van der Waals surface area contributed by atoms with Crippen molar-refractivity contribution in [1.82, 2.24) is 5.32 Å². The van der Waals surface area contributed by atoms with E-state index in [-0.39, 0.29) is 0 Å². The lowest BCUT2D eigenvalue weighted by Crippen LogP contribution is -2.22. The first kappa shape index (κ1) is 6.66. The van der Waals surface area contributed by atoms with Crippen LogP contribution in [0, 0.1) is 17.8 Å². The van der Waals surface area contributed by atoms with Crippen LogP contribution in [0.2, 0.25) is 0 Å². The molecule has 3 fully saturated rings. The van der Waals surface area contributed by atoms with Crippen molar-refractivity contribution >= 4 is 0 Å². The van der Waals surface area contributed by atoms with Crippen molar-refractivity contribution in [2.75, 3.05) is 13.1 Å². The summed E-state index contributed by atoms with van der Waals surface area (Å²) in [7, 11) is 0. The van der Waals surface area contributed by atoms with Crippen molar-refractivity contribution < 1.29 is 0 Å². The van der Waals surface area contributed by atoms with Crippen LogP contribution in [-0.4, -0.2) is 13.1 Å². The minimum absolute atomic E-state index is 0.994. The van der Waals surface area contributed by atoms with Crippen LogP contribution in [0.4, 0.5) is 0 Å². The highest BCUT2D eigenvalue weighted by atomic mass is 14.9. The van der Waals surface area contributed by atoms with Crippen LogP contribution in [0.15, 0.2) is 0 Å². The van der Waals surface area contributed by atoms with Crippen LogP contribution in [-0.2, 0) is 0 Å². The fourth-order valence-electron chi connectivity index (χ4n) is 2.53. The molecular weight excluding hydrogens is 122 g/mol. The molecule has 1 nitrogen and oxygen atoms in total. The average molecular weight is 139 g/mol. The summed E-state index contributed by atoms with van der Waals surface area (Å²) >= 11 is 0. The Bertz CT molecular complexity index is 118. The number of fused-ring (bicyclic) bond motifs is 4. The second-order valence-electron chi connectivity index (χ2n) is 4.07. The molecule has 3 aliphatic rings. The Morgan fingerprint density at radius 3 is 2.90 bits per heavy atom. The molecule has 3 unspecified atom stereocenters. The average Bonchev–Trinajstić information content (AvgIpc) is 2.20. The highest BCUT2D eigenvalue weighted by Crippen LogP contribution is 2.34. The van der Waals surface area contributed by atoms with Gasteiger partial charge in [-0.2, -0.15) is 0 Å². The van der Waals surface area contributed by atoms with E-state index in [1.165, 1.54) is 32.4 Å². The molecule has 0 amide bonds. The van der Waals surface area contributed by atoms with Crippen molar-refractivity contribution in [3.63, 3.8) is 0 Å². The van der Waals surface area contributed by atoms with Crippen molar-refractivity contribution in [1.29, 1.82) is 0 Å². The molecule has 58 valence electrons. The predicted molar refractivity (Wildman–Crippen MR) is 42.9 cm³/mol. The zero-order chi connectivity index (χ0) is 6.97. The van der Waals surface area contributed by atoms with Gasteiger partial charge in [0.2, 0.25) is 0 Å². The van der Waals surface area contributed by atoms with E-state index in [1.54, 1.807) is 0 Å². The normalized spacial score (nSPS) is 47.1. The quantitative estimate of drug-likeness (QED) is 0.538. The van der Waals surface area contributed by atoms with Gasteiger partial charge in [-0.05, 0) is 50.1 Å². The van der Waals surface area contributed by atoms with Gasteiger partial charge in [-0.15, -0.1) is 0 Å². The zero-order valence-electron chi connectivity index (χ0n) is 6.77. The van der Waals surface area contributed by atoms with Gasteiger partial charge < -0.3 is 5.32 Å². The van der Waals surface area contributed by atoms with E-state index in [0.717, 1.165) is 17.8 Å². The van der Waals surface area contributed by atoms with Crippen molar-refractivity contribution in [3.8, 4) is 0 Å². The van der Waals surface area contributed by atoms with E-state index < -0.39 is 0 Å². The molecule has 1 aliphatic carbocycles. The zero-order valence-corrected chi connectivity index (χ0v) is 6.77. The van der Waals surface area contributed by atoms with Crippen molar-refractivity contribution in [2.24, 2.45) is 17.8 Å². The maximum absolute atomic E-state index is 3.54. The first-order valence-corrected chi connectivity index (χ1v) is 4.57. The number of hydrogen-bond acceptors (Lipinski definition) is 1. The van der Waals surface area contributed by atoms with E-state index in [9.17, 15) is 0 Å². The molecule has 2 saturated heterocycles. The molecule has 1 N–H and O–H groups in total. The molecule has 0 aromatic carbocycles. The molecule has 10 heavy (non-hydrogen) atoms. The van der Waals surface area contributed by atoms with E-state index in [2.05, 4.69) is 12.2 Å². The molecule has 2 bridgehead atoms. The molecule has 3 rings (SSSR count). The first-order valence-electron chi connectivity index (χ1n) is 4.57. The first-order chi connectivity index (χ1) is 4.86. The van der Waals surface area contributed by atoms with Crippen LogP contribution in [0.5, 0.6) is 0 Å². The van der Waals surface area contributed by atoms with Crippen LogP contribution < -0.4 is 5.32 Å². The minimum Gasteiger partial charge on any atom is -0.316 e. The van der Waals surface area contributed by atoms with Gasteiger partial charge in [0.15, 0.2) is 0 Å². The van der Waals surface area contributed by atoms with Crippen molar-refractivity contribution in [2.45, 2.75) is 26.2 Å². The predicted octanol–water partition coefficient (Wildman–Crippen LogP) is 1.64. The second kappa shape index (κ2) is 2.54. The Morgan fingerprint density at radius 2 is 2.10 bits per heavy atom. The standard InChI is InChI=1S/C9H17N/c1-7-4-8-2-3-9(7)6-10-5-8/h7-10H,2-6H2,1H3. The molecule has 2 heterocycles. The number of nitrogens with one attached hydrogen (secondary N) is 1. The van der Waals surface area contributed by atoms with Crippen LogP contribution in [0.3, 0.4) is 0 Å². The third kappa shape index (κ3) is 1.07. The molecular formula is C9H17N. The minimum atomic E-state index is 0.994. The monoisotopic (exact) mass is 139 g/mol. The fourth-order valence-corrected chi connectivity index (χ4v) is 2.53. The third-order valence-corrected chi connectivity index (χ3v) is 3.30. The van der Waals surface area contributed by atoms with Gasteiger partial charge >= 0.3 is 0 Å². The second-order valence-corrected chi connectivity index (χ2v) is 4.07. The molecule has 0 spiro atoms. The summed E-state index contributed by atoms with van der Waals surface area (Å²) in [5.41, 5.74) is 0. The Balaban J connectivity index is 2.07. The van der Waals surface area contributed by atoms with E-state index in [0.29, 0.717) is 0 Å². The lowest BCUT2D eigenvalue weighted by Gasteiger charge is -2.28. The highest BCUT2D eigenvalue weighted by Gasteiger charge is 2.29. The summed E-state index contributed by atoms with van der Waals surface area (Å²) in [4.78, 5) is 0. The summed E-state index contributed by atoms with van der Waals surface area (Å²) in [6.45, 7) is 5.00. The summed E-state index contributed by atoms with van der Waals surface area (Å²) in [6, 6.07) is 0. The molecule has 0 radical (unpaired) electrons. The van der Waals surface area contributed by atoms with Gasteiger partial charge in [-0.1, -0.05) is 6.92 Å². The Kier molecular flexibility index (Phi) is 1.69. The van der Waals surface area contributed by atoms with E-state index in [4.69, 9.17) is 0 Å². The highest BCUT2D eigenvalue weighted by molar-refractivity contribution is 4.83. The van der Waals surface area contributed by atoms with Gasteiger partial charge in [-0.3, -0.25) is 0 Å². The summed E-state index contributed by atoms with van der Waals surface area (Å²) < 4.78 is 0. The van der Waals surface area contributed by atoms with Gasteiger partial charge in [0.05, 0.1) is 0 Å². The van der Waals surface area contributed by atoms with Gasteiger partial charge in [-0.25, -0.2) is 0 Å². The summed E-state index contributed by atoms with van der Waals surface area (Å²) in [6.07, 6.45) is 4.46. The Morgan fingerprint density at radius 1 is 1.20 bits per heavy atom. The van der Waals surface area contributed by atoms with E-state index >= 15 is 0 Å². The molecule has 2 aliphatic heterocycles. The molecule has 1 heteroatoms. The Labute approximate surface area is 63.2 Å². The molecule has 0 aromatic rings.